The van der Waals surface area contributed by atoms with E-state index >= 15 is 0 Å². The Bertz CT molecular complexity index is 716. The van der Waals surface area contributed by atoms with Crippen molar-refractivity contribution in [1.82, 2.24) is 10.3 Å². The summed E-state index contributed by atoms with van der Waals surface area (Å²) in [5.41, 5.74) is 1.48. The van der Waals surface area contributed by atoms with Crippen LogP contribution < -0.4 is 25.4 Å². The first-order valence-corrected chi connectivity index (χ1v) is 7.80. The number of carbonyl (C=O) groups excluding carboxylic acids is 1. The third kappa shape index (κ3) is 4.07. The molecule has 0 atom stereocenters. The number of hydrogen-bond acceptors (Lipinski definition) is 5. The molecule has 0 radical (unpaired) electrons. The van der Waals surface area contributed by atoms with Crippen LogP contribution in [0.3, 0.4) is 0 Å². The Labute approximate surface area is 140 Å². The van der Waals surface area contributed by atoms with E-state index in [4.69, 9.17) is 9.47 Å². The third-order valence-corrected chi connectivity index (χ3v) is 3.26. The fourth-order valence-electron chi connectivity index (χ4n) is 2.24. The van der Waals surface area contributed by atoms with Crippen LogP contribution in [0.4, 0.5) is 22.0 Å². The van der Waals surface area contributed by atoms with E-state index in [-0.39, 0.29) is 12.1 Å². The van der Waals surface area contributed by atoms with Gasteiger partial charge in [0, 0.05) is 17.8 Å². The molecule has 24 heavy (non-hydrogen) atoms. The van der Waals surface area contributed by atoms with Gasteiger partial charge in [0.15, 0.2) is 11.5 Å². The van der Waals surface area contributed by atoms with Crippen LogP contribution in [0, 0.1) is 0 Å². The van der Waals surface area contributed by atoms with Crippen LogP contribution in [0.2, 0.25) is 0 Å². The lowest BCUT2D eigenvalue weighted by molar-refractivity contribution is 0.171. The highest BCUT2D eigenvalue weighted by molar-refractivity contribution is 5.89. The predicted octanol–water partition coefficient (Wildman–Crippen LogP) is 3.13. The number of ether oxygens (including phenoxy) is 2. The van der Waals surface area contributed by atoms with Crippen LogP contribution in [0.1, 0.15) is 13.8 Å². The molecule has 2 aromatic rings. The van der Waals surface area contributed by atoms with Gasteiger partial charge in [-0.1, -0.05) is 0 Å². The van der Waals surface area contributed by atoms with Crippen molar-refractivity contribution in [2.24, 2.45) is 0 Å². The van der Waals surface area contributed by atoms with Gasteiger partial charge in [0.05, 0.1) is 11.9 Å². The highest BCUT2D eigenvalue weighted by atomic mass is 16.6. The maximum Gasteiger partial charge on any atom is 0.319 e. The van der Waals surface area contributed by atoms with Gasteiger partial charge in [-0.3, -0.25) is 0 Å². The summed E-state index contributed by atoms with van der Waals surface area (Å²) >= 11 is 0. The van der Waals surface area contributed by atoms with E-state index in [1.54, 1.807) is 18.3 Å². The van der Waals surface area contributed by atoms with E-state index in [0.29, 0.717) is 24.7 Å². The first-order chi connectivity index (χ1) is 11.6. The van der Waals surface area contributed by atoms with Crippen molar-refractivity contribution in [1.29, 1.82) is 0 Å². The second kappa shape index (κ2) is 7.08. The monoisotopic (exact) mass is 328 g/mol. The number of hydrogen-bond donors (Lipinski definition) is 3. The molecule has 0 saturated heterocycles. The van der Waals surface area contributed by atoms with Gasteiger partial charge in [-0.25, -0.2) is 9.78 Å². The zero-order chi connectivity index (χ0) is 16.9. The molecule has 0 spiro atoms. The molecule has 7 heteroatoms. The molecule has 0 aliphatic carbocycles. The van der Waals surface area contributed by atoms with E-state index in [1.165, 1.54) is 0 Å². The van der Waals surface area contributed by atoms with Gasteiger partial charge in [-0.2, -0.15) is 0 Å². The van der Waals surface area contributed by atoms with Gasteiger partial charge in [-0.15, -0.1) is 0 Å². The van der Waals surface area contributed by atoms with Gasteiger partial charge in [0.2, 0.25) is 0 Å². The van der Waals surface area contributed by atoms with Crippen molar-refractivity contribution >= 4 is 23.2 Å². The van der Waals surface area contributed by atoms with Crippen LogP contribution in [0.15, 0.2) is 36.5 Å². The molecule has 1 aromatic carbocycles. The molecule has 2 amide bonds. The van der Waals surface area contributed by atoms with Crippen molar-refractivity contribution in [3.8, 4) is 11.5 Å². The summed E-state index contributed by atoms with van der Waals surface area (Å²) in [5.74, 6) is 2.13. The lowest BCUT2D eigenvalue weighted by Crippen LogP contribution is -2.34. The minimum Gasteiger partial charge on any atom is -0.486 e. The third-order valence-electron chi connectivity index (χ3n) is 3.26. The van der Waals surface area contributed by atoms with Gasteiger partial charge in [0.1, 0.15) is 19.0 Å². The van der Waals surface area contributed by atoms with Crippen molar-refractivity contribution in [3.63, 3.8) is 0 Å². The Balaban J connectivity index is 1.63. The first kappa shape index (κ1) is 15.9. The van der Waals surface area contributed by atoms with Crippen LogP contribution >= 0.6 is 0 Å². The molecule has 1 aliphatic rings. The number of nitrogens with one attached hydrogen (secondary N) is 3. The molecule has 0 saturated carbocycles. The normalized spacial score (nSPS) is 12.6. The van der Waals surface area contributed by atoms with Crippen molar-refractivity contribution in [2.75, 3.05) is 23.8 Å². The molecule has 1 aromatic heterocycles. The topological polar surface area (TPSA) is 84.5 Å². The number of anilines is 3. The smallest absolute Gasteiger partial charge is 0.319 e. The SMILES string of the molecule is CC(C)NC(=O)Nc1ccc(Nc2ccc3c(c2)OCCO3)nc1. The average Bonchev–Trinajstić information content (AvgIpc) is 2.56. The maximum absolute atomic E-state index is 11.6. The van der Waals surface area contributed by atoms with E-state index in [0.717, 1.165) is 17.2 Å². The predicted molar refractivity (Wildman–Crippen MR) is 92.2 cm³/mol. The molecule has 3 rings (SSSR count). The number of pyridine rings is 1. The van der Waals surface area contributed by atoms with E-state index in [1.807, 2.05) is 32.0 Å². The van der Waals surface area contributed by atoms with Gasteiger partial charge >= 0.3 is 6.03 Å². The molecule has 126 valence electrons. The Hall–Kier alpha value is -2.96. The minimum absolute atomic E-state index is 0.0779. The second-order valence-electron chi connectivity index (χ2n) is 5.67. The Morgan fingerprint density at radius 2 is 1.83 bits per heavy atom. The Morgan fingerprint density at radius 1 is 1.08 bits per heavy atom. The van der Waals surface area contributed by atoms with Crippen molar-refractivity contribution < 1.29 is 14.3 Å². The minimum atomic E-state index is -0.251. The van der Waals surface area contributed by atoms with E-state index in [2.05, 4.69) is 20.9 Å². The molecule has 0 bridgehead atoms. The average molecular weight is 328 g/mol. The van der Waals surface area contributed by atoms with Crippen molar-refractivity contribution in [3.05, 3.63) is 36.5 Å². The highest BCUT2D eigenvalue weighted by Gasteiger charge is 2.12. The summed E-state index contributed by atoms with van der Waals surface area (Å²) in [6, 6.07) is 9.04. The number of rotatable bonds is 4. The summed E-state index contributed by atoms with van der Waals surface area (Å²) < 4.78 is 11.1. The largest absolute Gasteiger partial charge is 0.486 e. The molecule has 0 fully saturated rings. The van der Waals surface area contributed by atoms with Crippen LogP contribution in [-0.4, -0.2) is 30.3 Å². The van der Waals surface area contributed by atoms with Gasteiger partial charge < -0.3 is 25.4 Å². The molecule has 7 nitrogen and oxygen atoms in total. The summed E-state index contributed by atoms with van der Waals surface area (Å²) in [6.07, 6.45) is 1.60. The van der Waals surface area contributed by atoms with Gasteiger partial charge in [0.25, 0.3) is 0 Å². The number of urea groups is 1. The molecule has 0 unspecified atom stereocenters. The fourth-order valence-corrected chi connectivity index (χ4v) is 2.24. The maximum atomic E-state index is 11.6. The number of benzene rings is 1. The lowest BCUT2D eigenvalue weighted by Gasteiger charge is -2.19. The number of fused-ring (bicyclic) bond motifs is 1. The number of aromatic nitrogens is 1. The van der Waals surface area contributed by atoms with E-state index in [9.17, 15) is 4.79 Å². The zero-order valence-electron chi connectivity index (χ0n) is 13.6. The summed E-state index contributed by atoms with van der Waals surface area (Å²) in [5, 5.41) is 8.68. The lowest BCUT2D eigenvalue weighted by atomic mass is 10.2. The van der Waals surface area contributed by atoms with Crippen LogP contribution in [-0.2, 0) is 0 Å². The zero-order valence-corrected chi connectivity index (χ0v) is 13.6. The highest BCUT2D eigenvalue weighted by Crippen LogP contribution is 2.33. The molecule has 1 aliphatic heterocycles. The number of carbonyl (C=O) groups is 1. The number of nitrogens with zero attached hydrogens (tertiary/aromatic N) is 1. The van der Waals surface area contributed by atoms with E-state index < -0.39 is 0 Å². The Kier molecular flexibility index (Phi) is 4.69. The van der Waals surface area contributed by atoms with Gasteiger partial charge in [-0.05, 0) is 38.1 Å². The van der Waals surface area contributed by atoms with Crippen LogP contribution in [0.25, 0.3) is 0 Å². The molecular weight excluding hydrogens is 308 g/mol. The molecular formula is C17H20N4O3. The quantitative estimate of drug-likeness (QED) is 0.803. The summed E-state index contributed by atoms with van der Waals surface area (Å²) in [6.45, 7) is 4.92. The summed E-state index contributed by atoms with van der Waals surface area (Å²) in [4.78, 5) is 15.9. The molecule has 3 N–H and O–H groups in total. The number of amides is 2. The standard InChI is InChI=1S/C17H20N4O3/c1-11(2)19-17(22)21-13-4-6-16(18-10-13)20-12-3-5-14-15(9-12)24-8-7-23-14/h3-6,9-11H,7-8H2,1-2H3,(H,18,20)(H2,19,21,22). The Morgan fingerprint density at radius 3 is 2.54 bits per heavy atom. The molecule has 2 heterocycles. The first-order valence-electron chi connectivity index (χ1n) is 7.80. The van der Waals surface area contributed by atoms with Crippen molar-refractivity contribution in [2.45, 2.75) is 19.9 Å². The second-order valence-corrected chi connectivity index (χ2v) is 5.67. The summed E-state index contributed by atoms with van der Waals surface area (Å²) in [7, 11) is 0. The fraction of sp³-hybridized carbons (Fsp3) is 0.294. The van der Waals surface area contributed by atoms with Crippen LogP contribution in [0.5, 0.6) is 11.5 Å².